The third-order valence-electron chi connectivity index (χ3n) is 21.6. The summed E-state index contributed by atoms with van der Waals surface area (Å²) in [6, 6.07) is 174. The van der Waals surface area contributed by atoms with Gasteiger partial charge in [0, 0.05) is 0 Å². The minimum atomic E-state index is 0.500. The summed E-state index contributed by atoms with van der Waals surface area (Å²) in [7, 11) is 0. The van der Waals surface area contributed by atoms with Crippen molar-refractivity contribution in [3.05, 3.63) is 497 Å². The van der Waals surface area contributed by atoms with Crippen LogP contribution in [0.3, 0.4) is 0 Å². The van der Waals surface area contributed by atoms with Gasteiger partial charge in [0.25, 0.3) is 0 Å². The van der Waals surface area contributed by atoms with Gasteiger partial charge in [-0.25, -0.2) is 0 Å². The topological polar surface area (TPSA) is 0 Å². The second-order valence-electron chi connectivity index (χ2n) is 40.8. The molecule has 0 nitrogen and oxygen atoms in total. The monoisotopic (exact) mass is 1780 g/mol. The molecular formula is C137H138. The van der Waals surface area contributed by atoms with E-state index < -0.39 is 0 Å². The van der Waals surface area contributed by atoms with Gasteiger partial charge in [0.05, 0.1) is 0 Å². The van der Waals surface area contributed by atoms with Gasteiger partial charge in [-0.3, -0.25) is 0 Å². The highest BCUT2D eigenvalue weighted by Crippen LogP contribution is 2.48. The summed E-state index contributed by atoms with van der Waals surface area (Å²) in [5, 5.41) is 23.5. The molecule has 0 N–H and O–H groups in total. The fourth-order valence-electron chi connectivity index (χ4n) is 16.5. The lowest BCUT2D eigenvalue weighted by Gasteiger charge is -2.17. The number of hydrogen-bond donors (Lipinski definition) is 0. The normalized spacial score (nSPS) is 10.9. The molecule has 0 heterocycles. The van der Waals surface area contributed by atoms with E-state index in [0.717, 1.165) is 0 Å². The van der Waals surface area contributed by atoms with E-state index in [1.807, 2.05) is 32.0 Å². The van der Waals surface area contributed by atoms with Gasteiger partial charge in [-0.15, -0.1) is 0 Å². The zero-order valence-electron chi connectivity index (χ0n) is 84.3. The molecule has 22 aromatic carbocycles. The molecule has 0 aliphatic heterocycles. The molecule has 0 aliphatic carbocycles. The van der Waals surface area contributed by atoms with Crippen LogP contribution in [0.1, 0.15) is 130 Å². The molecule has 137 heavy (non-hydrogen) atoms. The van der Waals surface area contributed by atoms with E-state index in [9.17, 15) is 0 Å². The van der Waals surface area contributed by atoms with Crippen molar-refractivity contribution in [2.75, 3.05) is 0 Å². The minimum absolute atomic E-state index is 0.500. The predicted octanol–water partition coefficient (Wildman–Crippen LogP) is 41.7. The van der Waals surface area contributed by atoms with E-state index in [1.54, 1.807) is 0 Å². The average molecular weight is 1780 g/mol. The minimum Gasteiger partial charge on any atom is -0.0683 e. The Morgan fingerprint density at radius 3 is 0.350 bits per heavy atom. The lowest BCUT2D eigenvalue weighted by Crippen LogP contribution is -1.93. The summed E-state index contributed by atoms with van der Waals surface area (Å²) in [4.78, 5) is 0. The van der Waals surface area contributed by atoms with E-state index in [2.05, 4.69) is 591 Å². The first kappa shape index (κ1) is 101. The maximum atomic E-state index is 2.27. The van der Waals surface area contributed by atoms with Crippen LogP contribution in [0.4, 0.5) is 0 Å². The maximum absolute atomic E-state index is 2.27. The van der Waals surface area contributed by atoms with E-state index >= 15 is 0 Å². The molecular weight excluding hydrogens is 1650 g/mol. The van der Waals surface area contributed by atoms with Crippen molar-refractivity contribution in [3.8, 4) is 77.9 Å². The van der Waals surface area contributed by atoms with Crippen molar-refractivity contribution in [2.24, 2.45) is 21.7 Å². The summed E-state index contributed by atoms with van der Waals surface area (Å²) in [6.45, 7) is 41.1. The van der Waals surface area contributed by atoms with Gasteiger partial charge < -0.3 is 0 Å². The van der Waals surface area contributed by atoms with Crippen molar-refractivity contribution < 1.29 is 0 Å². The van der Waals surface area contributed by atoms with Gasteiger partial charge in [0.15, 0.2) is 0 Å². The van der Waals surface area contributed by atoms with Crippen molar-refractivity contribution in [3.63, 3.8) is 0 Å². The first-order chi connectivity index (χ1) is 66.1. The first-order valence-corrected chi connectivity index (χ1v) is 48.6. The van der Waals surface area contributed by atoms with Crippen LogP contribution in [0, 0.1) is 28.6 Å². The molecule has 0 fully saturated rings. The van der Waals surface area contributed by atoms with Gasteiger partial charge in [-0.05, 0) is 209 Å². The third-order valence-corrected chi connectivity index (χ3v) is 21.6. The molecule has 0 saturated heterocycles. The van der Waals surface area contributed by atoms with Crippen molar-refractivity contribution in [1.82, 2.24) is 0 Å². The van der Waals surface area contributed by atoms with Crippen LogP contribution in [0.25, 0.3) is 175 Å². The van der Waals surface area contributed by atoms with E-state index in [4.69, 9.17) is 0 Å². The molecule has 0 radical (unpaired) electrons. The highest BCUT2D eigenvalue weighted by molar-refractivity contribution is 6.24. The molecule has 0 bridgehead atoms. The lowest BCUT2D eigenvalue weighted by atomic mass is 9.86. The van der Waals surface area contributed by atoms with Gasteiger partial charge >= 0.3 is 0 Å². The summed E-state index contributed by atoms with van der Waals surface area (Å²) in [6.07, 6.45) is 0. The number of hydrogen-bond acceptors (Lipinski definition) is 0. The molecule has 0 spiro atoms. The third kappa shape index (κ3) is 29.1. The molecule has 0 saturated carbocycles. The van der Waals surface area contributed by atoms with Crippen molar-refractivity contribution >= 4 is 97.0 Å². The Hall–Kier alpha value is -14.8. The van der Waals surface area contributed by atoms with Gasteiger partial charge in [0.2, 0.25) is 0 Å². The Balaban J connectivity index is 0.000000145. The molecule has 0 atom stereocenters. The fourth-order valence-corrected chi connectivity index (χ4v) is 16.5. The van der Waals surface area contributed by atoms with Crippen molar-refractivity contribution in [2.45, 2.75) is 132 Å². The van der Waals surface area contributed by atoms with E-state index in [0.29, 0.717) is 21.7 Å². The van der Waals surface area contributed by atoms with Crippen LogP contribution >= 0.6 is 0 Å². The van der Waals surface area contributed by atoms with Crippen LogP contribution in [-0.4, -0.2) is 0 Å². The molecule has 22 aromatic rings. The van der Waals surface area contributed by atoms with E-state index in [-0.39, 0.29) is 0 Å². The molecule has 0 unspecified atom stereocenters. The number of benzene rings is 22. The molecule has 0 aromatic heterocycles. The Morgan fingerprint density at radius 2 is 0.219 bits per heavy atom. The number of rotatable bonds is 7. The van der Waals surface area contributed by atoms with Gasteiger partial charge in [-0.2, -0.15) is 0 Å². The zero-order chi connectivity index (χ0) is 97.3. The van der Waals surface area contributed by atoms with Gasteiger partial charge in [-0.1, -0.05) is 616 Å². The van der Waals surface area contributed by atoms with Crippen molar-refractivity contribution in [1.29, 1.82) is 0 Å². The highest BCUT2D eigenvalue weighted by Gasteiger charge is 2.21. The second-order valence-corrected chi connectivity index (χ2v) is 40.8. The lowest BCUT2D eigenvalue weighted by molar-refractivity contribution is 0.469. The molecule has 686 valence electrons. The summed E-state index contributed by atoms with van der Waals surface area (Å²) in [5.41, 5.74) is 21.4. The Bertz CT molecular complexity index is 6350. The highest BCUT2D eigenvalue weighted by atomic mass is 14.2. The largest absolute Gasteiger partial charge is 0.0683 e. The van der Waals surface area contributed by atoms with Gasteiger partial charge in [0.1, 0.15) is 0 Å². The molecule has 0 amide bonds. The van der Waals surface area contributed by atoms with Crippen LogP contribution in [0.5, 0.6) is 0 Å². The first-order valence-electron chi connectivity index (χ1n) is 48.6. The maximum Gasteiger partial charge on any atom is -0.00264 e. The SMILES string of the molecule is CC.CC(C)(C)C.CC(C)(C)C.CC(C)(C)C.CC(C)(C)C.Cc1ccccc1.c1ccc(-c2c3ccccc3c(-c3ccccc3)c3ccccc23)cc1.c1ccc(-c2c3ccccc3c(-c3ccccc3)c3ccccc23)cc1.c1ccc(-c2c3ccccc3c(-c3ccccc3)c3ccccc23)cc1.c1ccc(-c2c3ccccc3cc3ccccc23)cc1.c1ccc2ccccc2c1. The Morgan fingerprint density at radius 1 is 0.117 bits per heavy atom. The van der Waals surface area contributed by atoms with E-state index in [1.165, 1.54) is 180 Å². The number of fused-ring (bicyclic) bond motifs is 9. The van der Waals surface area contributed by atoms with Crippen LogP contribution < -0.4 is 0 Å². The second kappa shape index (κ2) is 48.9. The van der Waals surface area contributed by atoms with Crippen LogP contribution in [-0.2, 0) is 0 Å². The van der Waals surface area contributed by atoms with Crippen LogP contribution in [0.15, 0.2) is 491 Å². The van der Waals surface area contributed by atoms with Crippen LogP contribution in [0.2, 0.25) is 0 Å². The molecule has 0 aliphatic rings. The standard InChI is InChI=1S/3C26H18.C20H14.C10H8.C7H8.4C5H12.C2H6/c3*1-3-11-19(12-4-1)25-21-15-7-9-17-23(21)26(20-13-5-2-6-14-20)24-18-10-8-16-22(24)25;1-2-8-15(9-3-1)20-18-12-6-4-10-16(18)14-17-11-5-7-13-19(17)20;1-2-6-10-8-4-3-7-9(10)5-1;1-7-5-3-2-4-6-7;4*1-5(2,3)4;1-2/h3*1-18H;1-14H;1-8H;2-6H,1H3;4*1-4H3;1-2H3. The molecule has 0 heteroatoms. The quantitative estimate of drug-likeness (QED) is 0.140. The molecule has 22 rings (SSSR count). The average Bonchev–Trinajstić information content (AvgIpc) is 0.824. The summed E-state index contributed by atoms with van der Waals surface area (Å²) in [5.74, 6) is 0. The Labute approximate surface area is 819 Å². The summed E-state index contributed by atoms with van der Waals surface area (Å²) < 4.78 is 0. The number of aryl methyl sites for hydroxylation is 1. The fraction of sp³-hybridized carbons (Fsp3) is 0.168. The predicted molar refractivity (Wildman–Crippen MR) is 611 cm³/mol. The Kier molecular flexibility index (Phi) is 36.1. The zero-order valence-corrected chi connectivity index (χ0v) is 84.3. The smallest absolute Gasteiger partial charge is 0.00264 e. The summed E-state index contributed by atoms with van der Waals surface area (Å²) >= 11 is 0.